The van der Waals surface area contributed by atoms with Gasteiger partial charge in [0, 0.05) is 43.0 Å². The van der Waals surface area contributed by atoms with Crippen LogP contribution in [-0.4, -0.2) is 37.6 Å². The van der Waals surface area contributed by atoms with Crippen LogP contribution in [0, 0.1) is 0 Å². The van der Waals surface area contributed by atoms with Gasteiger partial charge in [0.1, 0.15) is 0 Å². The Balaban J connectivity index is 2.12. The zero-order valence-corrected chi connectivity index (χ0v) is 12.0. The van der Waals surface area contributed by atoms with E-state index in [1.807, 2.05) is 39.0 Å². The largest absolute Gasteiger partial charge is 0.369 e. The van der Waals surface area contributed by atoms with Crippen molar-refractivity contribution in [2.24, 2.45) is 0 Å². The maximum atomic E-state index is 12.2. The third-order valence-electron chi connectivity index (χ3n) is 3.08. The molecular formula is C15H23N3O. The van der Waals surface area contributed by atoms with Gasteiger partial charge in [-0.05, 0) is 39.0 Å². The van der Waals surface area contributed by atoms with Crippen LogP contribution in [0.5, 0.6) is 0 Å². The molecule has 0 aliphatic carbocycles. The molecule has 1 aromatic rings. The van der Waals surface area contributed by atoms with Gasteiger partial charge in [-0.1, -0.05) is 6.07 Å². The fourth-order valence-corrected chi connectivity index (χ4v) is 2.18. The van der Waals surface area contributed by atoms with Crippen LogP contribution in [0.4, 0.5) is 5.69 Å². The highest BCUT2D eigenvalue weighted by Crippen LogP contribution is 2.17. The molecule has 1 aliphatic rings. The second-order valence-electron chi connectivity index (χ2n) is 5.99. The average molecular weight is 261 g/mol. The Morgan fingerprint density at radius 1 is 1.26 bits per heavy atom. The Morgan fingerprint density at radius 2 is 1.95 bits per heavy atom. The number of piperazine rings is 1. The summed E-state index contributed by atoms with van der Waals surface area (Å²) in [6.07, 6.45) is 0. The molecule has 0 aromatic heterocycles. The summed E-state index contributed by atoms with van der Waals surface area (Å²) in [5.41, 5.74) is 1.65. The third-order valence-corrected chi connectivity index (χ3v) is 3.08. The molecule has 1 aromatic carbocycles. The lowest BCUT2D eigenvalue weighted by Crippen LogP contribution is -2.43. The highest BCUT2D eigenvalue weighted by atomic mass is 16.1. The first-order valence-electron chi connectivity index (χ1n) is 6.84. The van der Waals surface area contributed by atoms with Crippen molar-refractivity contribution in [2.45, 2.75) is 26.3 Å². The molecule has 2 rings (SSSR count). The van der Waals surface area contributed by atoms with E-state index < -0.39 is 0 Å². The molecule has 0 atom stereocenters. The molecule has 2 N–H and O–H groups in total. The SMILES string of the molecule is CC(C)(C)NC(=O)c1cccc(N2CCNCC2)c1. The Kier molecular flexibility index (Phi) is 4.10. The Labute approximate surface area is 115 Å². The molecule has 19 heavy (non-hydrogen) atoms. The Bertz CT molecular complexity index is 445. The smallest absolute Gasteiger partial charge is 0.251 e. The minimum absolute atomic E-state index is 0.00974. The summed E-state index contributed by atoms with van der Waals surface area (Å²) >= 11 is 0. The Morgan fingerprint density at radius 3 is 2.58 bits per heavy atom. The zero-order chi connectivity index (χ0) is 13.9. The van der Waals surface area contributed by atoms with E-state index in [0.717, 1.165) is 37.4 Å². The summed E-state index contributed by atoms with van der Waals surface area (Å²) in [5, 5.41) is 6.33. The van der Waals surface area contributed by atoms with Gasteiger partial charge in [0.25, 0.3) is 5.91 Å². The standard InChI is InChI=1S/C15H23N3O/c1-15(2,3)17-14(19)12-5-4-6-13(11-12)18-9-7-16-8-10-18/h4-6,11,16H,7-10H2,1-3H3,(H,17,19). The summed E-state index contributed by atoms with van der Waals surface area (Å²) < 4.78 is 0. The summed E-state index contributed by atoms with van der Waals surface area (Å²) in [6, 6.07) is 7.87. The van der Waals surface area contributed by atoms with Gasteiger partial charge < -0.3 is 15.5 Å². The van der Waals surface area contributed by atoms with Gasteiger partial charge in [0.15, 0.2) is 0 Å². The van der Waals surface area contributed by atoms with Crippen LogP contribution in [0.15, 0.2) is 24.3 Å². The van der Waals surface area contributed by atoms with Crippen molar-refractivity contribution in [3.63, 3.8) is 0 Å². The molecular weight excluding hydrogens is 238 g/mol. The van der Waals surface area contributed by atoms with Crippen LogP contribution in [0.2, 0.25) is 0 Å². The Hall–Kier alpha value is -1.55. The lowest BCUT2D eigenvalue weighted by atomic mass is 10.1. The van der Waals surface area contributed by atoms with Crippen molar-refractivity contribution in [3.05, 3.63) is 29.8 Å². The van der Waals surface area contributed by atoms with Crippen molar-refractivity contribution in [3.8, 4) is 0 Å². The molecule has 4 heteroatoms. The molecule has 1 heterocycles. The summed E-state index contributed by atoms with van der Waals surface area (Å²) in [5.74, 6) is -0.00974. The molecule has 1 fully saturated rings. The monoisotopic (exact) mass is 261 g/mol. The second-order valence-corrected chi connectivity index (χ2v) is 5.99. The number of benzene rings is 1. The molecule has 1 amide bonds. The van der Waals surface area contributed by atoms with Gasteiger partial charge >= 0.3 is 0 Å². The minimum atomic E-state index is -0.206. The minimum Gasteiger partial charge on any atom is -0.369 e. The third kappa shape index (κ3) is 3.96. The van der Waals surface area contributed by atoms with Gasteiger partial charge in [-0.15, -0.1) is 0 Å². The first-order chi connectivity index (χ1) is 8.96. The summed E-state index contributed by atoms with van der Waals surface area (Å²) in [6.45, 7) is 9.95. The van der Waals surface area contributed by atoms with Gasteiger partial charge in [0.05, 0.1) is 0 Å². The number of carbonyl (C=O) groups excluding carboxylic acids is 1. The molecule has 0 radical (unpaired) electrons. The summed E-state index contributed by atoms with van der Waals surface area (Å²) in [4.78, 5) is 14.5. The van der Waals surface area contributed by atoms with E-state index in [-0.39, 0.29) is 11.4 Å². The van der Waals surface area contributed by atoms with E-state index in [1.165, 1.54) is 0 Å². The van der Waals surface area contributed by atoms with E-state index in [4.69, 9.17) is 0 Å². The van der Waals surface area contributed by atoms with Gasteiger partial charge in [0.2, 0.25) is 0 Å². The van der Waals surface area contributed by atoms with Crippen molar-refractivity contribution in [1.29, 1.82) is 0 Å². The van der Waals surface area contributed by atoms with Crippen LogP contribution in [0.3, 0.4) is 0 Å². The first-order valence-corrected chi connectivity index (χ1v) is 6.84. The van der Waals surface area contributed by atoms with Crippen LogP contribution >= 0.6 is 0 Å². The number of carbonyl (C=O) groups is 1. The van der Waals surface area contributed by atoms with Gasteiger partial charge in [-0.25, -0.2) is 0 Å². The topological polar surface area (TPSA) is 44.4 Å². The van der Waals surface area contributed by atoms with Crippen molar-refractivity contribution >= 4 is 11.6 Å². The maximum absolute atomic E-state index is 12.2. The maximum Gasteiger partial charge on any atom is 0.251 e. The predicted octanol–water partition coefficient (Wildman–Crippen LogP) is 1.62. The molecule has 0 bridgehead atoms. The number of hydrogen-bond donors (Lipinski definition) is 2. The number of rotatable bonds is 2. The highest BCUT2D eigenvalue weighted by molar-refractivity contribution is 5.95. The normalized spacial score (nSPS) is 16.3. The lowest BCUT2D eigenvalue weighted by molar-refractivity contribution is 0.0919. The molecule has 0 spiro atoms. The van der Waals surface area contributed by atoms with Gasteiger partial charge in [-0.2, -0.15) is 0 Å². The van der Waals surface area contributed by atoms with E-state index in [9.17, 15) is 4.79 Å². The van der Waals surface area contributed by atoms with E-state index in [0.29, 0.717) is 0 Å². The number of nitrogens with one attached hydrogen (secondary N) is 2. The molecule has 1 saturated heterocycles. The molecule has 1 aliphatic heterocycles. The zero-order valence-electron chi connectivity index (χ0n) is 12.0. The highest BCUT2D eigenvalue weighted by Gasteiger charge is 2.17. The van der Waals surface area contributed by atoms with Crippen molar-refractivity contribution in [1.82, 2.24) is 10.6 Å². The summed E-state index contributed by atoms with van der Waals surface area (Å²) in [7, 11) is 0. The van der Waals surface area contributed by atoms with Crippen LogP contribution in [-0.2, 0) is 0 Å². The number of hydrogen-bond acceptors (Lipinski definition) is 3. The number of amides is 1. The van der Waals surface area contributed by atoms with Gasteiger partial charge in [-0.3, -0.25) is 4.79 Å². The fraction of sp³-hybridized carbons (Fsp3) is 0.533. The van der Waals surface area contributed by atoms with Crippen molar-refractivity contribution in [2.75, 3.05) is 31.1 Å². The lowest BCUT2D eigenvalue weighted by Gasteiger charge is -2.29. The molecule has 0 saturated carbocycles. The van der Waals surface area contributed by atoms with Crippen molar-refractivity contribution < 1.29 is 4.79 Å². The quantitative estimate of drug-likeness (QED) is 0.850. The number of anilines is 1. The van der Waals surface area contributed by atoms with Crippen LogP contribution in [0.1, 0.15) is 31.1 Å². The molecule has 4 nitrogen and oxygen atoms in total. The van der Waals surface area contributed by atoms with E-state index in [1.54, 1.807) is 0 Å². The molecule has 0 unspecified atom stereocenters. The van der Waals surface area contributed by atoms with Crippen LogP contribution in [0.25, 0.3) is 0 Å². The number of nitrogens with zero attached hydrogens (tertiary/aromatic N) is 1. The molecule has 104 valence electrons. The predicted molar refractivity (Wildman–Crippen MR) is 78.7 cm³/mol. The average Bonchev–Trinajstić information content (AvgIpc) is 2.38. The van der Waals surface area contributed by atoms with E-state index >= 15 is 0 Å². The van der Waals surface area contributed by atoms with Crippen LogP contribution < -0.4 is 15.5 Å². The fourth-order valence-electron chi connectivity index (χ4n) is 2.18. The second kappa shape index (κ2) is 5.61. The first kappa shape index (κ1) is 13.9. The van der Waals surface area contributed by atoms with E-state index in [2.05, 4.69) is 21.6 Å².